The van der Waals surface area contributed by atoms with E-state index in [9.17, 15) is 9.59 Å². The Hall–Kier alpha value is -3.86. The number of carbonyl (C=O) groups is 2. The van der Waals surface area contributed by atoms with Gasteiger partial charge < -0.3 is 30.3 Å². The summed E-state index contributed by atoms with van der Waals surface area (Å²) < 4.78 is 16.1. The van der Waals surface area contributed by atoms with Gasteiger partial charge in [-0.3, -0.25) is 4.79 Å². The third-order valence-corrected chi connectivity index (χ3v) is 4.95. The number of hydrogen-bond donors (Lipinski definition) is 3. The fourth-order valence-electron chi connectivity index (χ4n) is 2.71. The Morgan fingerprint density at radius 1 is 1.18 bits per heavy atom. The Morgan fingerprint density at radius 3 is 2.79 bits per heavy atom. The third kappa shape index (κ3) is 7.35. The number of nitrogens with zero attached hydrogens (tertiary/aromatic N) is 2. The second-order valence-electron chi connectivity index (χ2n) is 6.74. The van der Waals surface area contributed by atoms with Crippen molar-refractivity contribution in [1.29, 1.82) is 0 Å². The van der Waals surface area contributed by atoms with E-state index in [4.69, 9.17) is 19.6 Å². The molecule has 1 amide bonds. The molecule has 0 aliphatic carbocycles. The summed E-state index contributed by atoms with van der Waals surface area (Å²) in [6, 6.07) is 10.9. The van der Waals surface area contributed by atoms with Crippen LogP contribution < -0.4 is 21.1 Å². The van der Waals surface area contributed by atoms with Crippen molar-refractivity contribution < 1.29 is 23.5 Å². The maximum absolute atomic E-state index is 11.5. The second kappa shape index (κ2) is 11.7. The molecule has 174 valence electrons. The van der Waals surface area contributed by atoms with E-state index in [0.29, 0.717) is 47.8 Å². The molecule has 2 aromatic heterocycles. The summed E-state index contributed by atoms with van der Waals surface area (Å²) in [7, 11) is 0. The minimum atomic E-state index is -0.431. The van der Waals surface area contributed by atoms with Gasteiger partial charge in [0.25, 0.3) is 0 Å². The first-order valence-electron chi connectivity index (χ1n) is 10.2. The van der Waals surface area contributed by atoms with E-state index in [0.717, 1.165) is 5.56 Å². The highest BCUT2D eigenvalue weighted by Crippen LogP contribution is 2.28. The van der Waals surface area contributed by atoms with Gasteiger partial charge in [0.05, 0.1) is 13.2 Å². The molecule has 0 aliphatic heterocycles. The first kappa shape index (κ1) is 23.8. The number of esters is 1. The van der Waals surface area contributed by atoms with Gasteiger partial charge in [0.1, 0.15) is 17.2 Å². The summed E-state index contributed by atoms with van der Waals surface area (Å²) in [5.41, 5.74) is 7.44. The lowest BCUT2D eigenvalue weighted by molar-refractivity contribution is -0.145. The molecule has 33 heavy (non-hydrogen) atoms. The van der Waals surface area contributed by atoms with E-state index in [1.165, 1.54) is 18.3 Å². The normalized spacial score (nSPS) is 11.2. The first-order valence-corrected chi connectivity index (χ1v) is 11.1. The van der Waals surface area contributed by atoms with Crippen LogP contribution >= 0.6 is 11.3 Å². The number of rotatable bonds is 10. The highest BCUT2D eigenvalue weighted by Gasteiger charge is 2.11. The van der Waals surface area contributed by atoms with E-state index in [1.807, 2.05) is 23.6 Å². The van der Waals surface area contributed by atoms with Gasteiger partial charge in [-0.25, -0.2) is 9.78 Å². The zero-order valence-corrected chi connectivity index (χ0v) is 19.1. The van der Waals surface area contributed by atoms with Crippen molar-refractivity contribution in [2.45, 2.75) is 26.9 Å². The molecular weight excluding hydrogens is 446 g/mol. The fourth-order valence-corrected chi connectivity index (χ4v) is 3.40. The molecule has 0 unspecified atom stereocenters. The number of aromatic nitrogens is 1. The SMILES string of the molecule is CCOC(=O)COc1ccccc1CN/C(N)=N/c1nc(-c2ccc(CNC(C)=O)o2)cs1. The van der Waals surface area contributed by atoms with Gasteiger partial charge in [-0.2, -0.15) is 4.99 Å². The number of guanidine groups is 1. The zero-order valence-electron chi connectivity index (χ0n) is 18.3. The smallest absolute Gasteiger partial charge is 0.344 e. The van der Waals surface area contributed by atoms with Gasteiger partial charge in [0.15, 0.2) is 18.3 Å². The van der Waals surface area contributed by atoms with Gasteiger partial charge in [-0.05, 0) is 25.1 Å². The highest BCUT2D eigenvalue weighted by molar-refractivity contribution is 7.13. The molecule has 1 aromatic carbocycles. The number of para-hydroxylation sites is 1. The number of benzene rings is 1. The Kier molecular flexibility index (Phi) is 8.42. The van der Waals surface area contributed by atoms with E-state index < -0.39 is 5.97 Å². The number of carbonyl (C=O) groups excluding carboxylic acids is 2. The van der Waals surface area contributed by atoms with Crippen LogP contribution in [0, 0.1) is 0 Å². The number of aliphatic imine (C=N–C) groups is 1. The van der Waals surface area contributed by atoms with E-state index in [-0.39, 0.29) is 18.5 Å². The van der Waals surface area contributed by atoms with Gasteiger partial charge in [0, 0.05) is 24.4 Å². The first-order chi connectivity index (χ1) is 15.9. The van der Waals surface area contributed by atoms with Crippen molar-refractivity contribution in [1.82, 2.24) is 15.6 Å². The maximum atomic E-state index is 11.5. The van der Waals surface area contributed by atoms with Crippen LogP contribution in [0.15, 0.2) is 51.2 Å². The van der Waals surface area contributed by atoms with Gasteiger partial charge in [-0.15, -0.1) is 11.3 Å². The number of nitrogens with two attached hydrogens (primary N) is 1. The lowest BCUT2D eigenvalue weighted by Crippen LogP contribution is -2.30. The van der Waals surface area contributed by atoms with E-state index in [1.54, 1.807) is 25.1 Å². The summed E-state index contributed by atoms with van der Waals surface area (Å²) in [5.74, 6) is 1.38. The van der Waals surface area contributed by atoms with Crippen LogP contribution in [0.4, 0.5) is 5.13 Å². The molecule has 3 rings (SSSR count). The maximum Gasteiger partial charge on any atom is 0.344 e. The number of thiazole rings is 1. The van der Waals surface area contributed by atoms with Gasteiger partial charge in [-0.1, -0.05) is 18.2 Å². The Bertz CT molecular complexity index is 1120. The average Bonchev–Trinajstić information content (AvgIpc) is 3.45. The molecule has 4 N–H and O–H groups in total. The molecule has 0 aliphatic rings. The van der Waals surface area contributed by atoms with Crippen LogP contribution in [0.25, 0.3) is 11.5 Å². The molecule has 0 fully saturated rings. The van der Waals surface area contributed by atoms with Crippen molar-refractivity contribution in [2.75, 3.05) is 13.2 Å². The van der Waals surface area contributed by atoms with E-state index in [2.05, 4.69) is 20.6 Å². The largest absolute Gasteiger partial charge is 0.482 e. The van der Waals surface area contributed by atoms with Crippen LogP contribution in [-0.2, 0) is 27.4 Å². The Labute approximate surface area is 194 Å². The predicted octanol–water partition coefficient (Wildman–Crippen LogP) is 2.72. The molecule has 0 spiro atoms. The molecular formula is C22H25N5O5S. The van der Waals surface area contributed by atoms with Crippen molar-refractivity contribution >= 4 is 34.3 Å². The predicted molar refractivity (Wildman–Crippen MR) is 124 cm³/mol. The third-order valence-electron chi connectivity index (χ3n) is 4.22. The van der Waals surface area contributed by atoms with Crippen molar-refractivity contribution in [2.24, 2.45) is 10.7 Å². The lowest BCUT2D eigenvalue weighted by atomic mass is 10.2. The number of furan rings is 1. The molecule has 10 nitrogen and oxygen atoms in total. The molecule has 0 saturated carbocycles. The molecule has 0 bridgehead atoms. The van der Waals surface area contributed by atoms with Gasteiger partial charge in [0.2, 0.25) is 11.0 Å². The average molecular weight is 472 g/mol. The van der Waals surface area contributed by atoms with E-state index >= 15 is 0 Å². The molecule has 11 heteroatoms. The molecule has 0 radical (unpaired) electrons. The molecule has 0 saturated heterocycles. The van der Waals surface area contributed by atoms with Gasteiger partial charge >= 0.3 is 5.97 Å². The number of hydrogen-bond acceptors (Lipinski definition) is 8. The summed E-state index contributed by atoms with van der Waals surface area (Å²) in [4.78, 5) is 31.3. The fraction of sp³-hybridized carbons (Fsp3) is 0.273. The Morgan fingerprint density at radius 2 is 2.00 bits per heavy atom. The highest BCUT2D eigenvalue weighted by atomic mass is 32.1. The Balaban J connectivity index is 1.58. The summed E-state index contributed by atoms with van der Waals surface area (Å²) in [6.07, 6.45) is 0. The van der Waals surface area contributed by atoms with Crippen molar-refractivity contribution in [3.8, 4) is 17.2 Å². The zero-order chi connectivity index (χ0) is 23.6. The minimum absolute atomic E-state index is 0.130. The summed E-state index contributed by atoms with van der Waals surface area (Å²) in [6.45, 7) is 3.97. The lowest BCUT2D eigenvalue weighted by Gasteiger charge is -2.12. The number of nitrogens with one attached hydrogen (secondary N) is 2. The molecule has 0 atom stereocenters. The number of ether oxygens (including phenoxy) is 2. The number of amides is 1. The van der Waals surface area contributed by atoms with Crippen LogP contribution in [0.5, 0.6) is 5.75 Å². The van der Waals surface area contributed by atoms with Crippen LogP contribution in [-0.4, -0.2) is 36.0 Å². The summed E-state index contributed by atoms with van der Waals surface area (Å²) >= 11 is 1.32. The second-order valence-corrected chi connectivity index (χ2v) is 7.58. The van der Waals surface area contributed by atoms with Crippen LogP contribution in [0.3, 0.4) is 0 Å². The van der Waals surface area contributed by atoms with Crippen molar-refractivity contribution in [3.05, 3.63) is 53.1 Å². The van der Waals surface area contributed by atoms with Crippen LogP contribution in [0.1, 0.15) is 25.2 Å². The van der Waals surface area contributed by atoms with Crippen molar-refractivity contribution in [3.63, 3.8) is 0 Å². The summed E-state index contributed by atoms with van der Waals surface area (Å²) in [5, 5.41) is 7.97. The topological polar surface area (TPSA) is 141 Å². The quantitative estimate of drug-likeness (QED) is 0.233. The monoisotopic (exact) mass is 471 g/mol. The van der Waals surface area contributed by atoms with Crippen LogP contribution in [0.2, 0.25) is 0 Å². The standard InChI is InChI=1S/C22H25N5O5S/c1-3-30-20(29)12-31-18-7-5-4-6-15(18)10-25-21(23)27-22-26-17(13-33-22)19-9-8-16(32-19)11-24-14(2)28/h4-9,13H,3,10-12H2,1-2H3,(H,24,28)(H3,23,25,26,27). The minimum Gasteiger partial charge on any atom is -0.482 e. The molecule has 2 heterocycles. The molecule has 3 aromatic rings.